The second-order valence-corrected chi connectivity index (χ2v) is 15.6. The van der Waals surface area contributed by atoms with Gasteiger partial charge in [0.1, 0.15) is 30.5 Å². The molecule has 0 aromatic heterocycles. The smallest absolute Gasteiger partial charge is 0.397 e. The Morgan fingerprint density at radius 1 is 0.698 bits per heavy atom. The molecule has 53 heavy (non-hydrogen) atoms. The highest BCUT2D eigenvalue weighted by Gasteiger charge is 2.48. The maximum absolute atomic E-state index is 12.8. The predicted molar refractivity (Wildman–Crippen MR) is 207 cm³/mol. The Hall–Kier alpha value is -1.16. The van der Waals surface area contributed by atoms with Crippen molar-refractivity contribution < 1.29 is 56.2 Å². The Bertz CT molecular complexity index is 994. The van der Waals surface area contributed by atoms with E-state index in [4.69, 9.17) is 23.5 Å². The summed E-state index contributed by atoms with van der Waals surface area (Å²) in [6.07, 6.45) is 23.9. The molecular formula is C40H76O12S. The number of allylic oxidation sites excluding steroid dienone is 2. The van der Waals surface area contributed by atoms with Crippen molar-refractivity contribution in [3.8, 4) is 0 Å². The van der Waals surface area contributed by atoms with Crippen LogP contribution < -0.4 is 0 Å². The van der Waals surface area contributed by atoms with Gasteiger partial charge in [-0.15, -0.1) is 0 Å². The van der Waals surface area contributed by atoms with Crippen LogP contribution in [0.15, 0.2) is 12.2 Å². The summed E-state index contributed by atoms with van der Waals surface area (Å²) in [6.45, 7) is 3.92. The first-order chi connectivity index (χ1) is 25.6. The van der Waals surface area contributed by atoms with Gasteiger partial charge in [0.25, 0.3) is 0 Å². The third-order valence-corrected chi connectivity index (χ3v) is 10.1. The van der Waals surface area contributed by atoms with Crippen LogP contribution in [-0.2, 0) is 38.3 Å². The number of unbranched alkanes of at least 4 members (excludes halogenated alkanes) is 21. The van der Waals surface area contributed by atoms with Crippen molar-refractivity contribution in [3.63, 3.8) is 0 Å². The number of aliphatic hydroxyl groups is 3. The molecule has 0 saturated carbocycles. The Labute approximate surface area is 321 Å². The molecule has 1 saturated heterocycles. The summed E-state index contributed by atoms with van der Waals surface area (Å²) in [5.41, 5.74) is 0. The summed E-state index contributed by atoms with van der Waals surface area (Å²) in [5, 5.41) is 30.6. The Kier molecular flexibility index (Phi) is 31.1. The zero-order valence-electron chi connectivity index (χ0n) is 33.1. The fraction of sp³-hybridized carbons (Fsp3) is 0.925. The van der Waals surface area contributed by atoms with Gasteiger partial charge in [-0.2, -0.15) is 8.42 Å². The number of hydrogen-bond donors (Lipinski definition) is 4. The molecule has 1 heterocycles. The number of aliphatic hydroxyl groups excluding tert-OH is 3. The first-order valence-corrected chi connectivity index (χ1v) is 22.3. The van der Waals surface area contributed by atoms with E-state index in [1.165, 1.54) is 96.3 Å². The van der Waals surface area contributed by atoms with Gasteiger partial charge < -0.3 is 34.3 Å². The highest BCUT2D eigenvalue weighted by molar-refractivity contribution is 7.80. The quantitative estimate of drug-likeness (QED) is 0.0209. The normalized spacial score (nSPS) is 21.4. The molecule has 0 aromatic rings. The third kappa shape index (κ3) is 27.1. The van der Waals surface area contributed by atoms with Gasteiger partial charge in [-0.3, -0.25) is 9.35 Å². The molecule has 1 fully saturated rings. The lowest BCUT2D eigenvalue weighted by Crippen LogP contribution is -2.60. The Morgan fingerprint density at radius 2 is 1.23 bits per heavy atom. The summed E-state index contributed by atoms with van der Waals surface area (Å²) in [4.78, 5) is 12.8. The number of hydrogen-bond acceptors (Lipinski definition) is 11. The molecular weight excluding hydrogens is 704 g/mol. The lowest BCUT2D eigenvalue weighted by Gasteiger charge is -2.41. The van der Waals surface area contributed by atoms with Crippen LogP contribution in [0.2, 0.25) is 0 Å². The van der Waals surface area contributed by atoms with Crippen LogP contribution >= 0.6 is 0 Å². The topological polar surface area (TPSA) is 178 Å². The van der Waals surface area contributed by atoms with Crippen molar-refractivity contribution in [1.29, 1.82) is 0 Å². The van der Waals surface area contributed by atoms with Gasteiger partial charge in [0.15, 0.2) is 6.29 Å². The first kappa shape index (κ1) is 49.9. The van der Waals surface area contributed by atoms with E-state index >= 15 is 0 Å². The predicted octanol–water partition coefficient (Wildman–Crippen LogP) is 7.91. The minimum Gasteiger partial charge on any atom is -0.457 e. The highest BCUT2D eigenvalue weighted by Crippen LogP contribution is 2.26. The summed E-state index contributed by atoms with van der Waals surface area (Å²) >= 11 is 0. The molecule has 314 valence electrons. The van der Waals surface area contributed by atoms with E-state index in [0.717, 1.165) is 51.4 Å². The minimum atomic E-state index is -5.05. The average molecular weight is 781 g/mol. The lowest BCUT2D eigenvalue weighted by atomic mass is 9.99. The monoisotopic (exact) mass is 781 g/mol. The van der Waals surface area contributed by atoms with E-state index in [1.54, 1.807) is 0 Å². The molecule has 0 aliphatic carbocycles. The van der Waals surface area contributed by atoms with Gasteiger partial charge in [0.2, 0.25) is 0 Å². The fourth-order valence-corrected chi connectivity index (χ4v) is 6.95. The highest BCUT2D eigenvalue weighted by atomic mass is 32.3. The Balaban J connectivity index is 2.46. The van der Waals surface area contributed by atoms with Crippen molar-refractivity contribution in [1.82, 2.24) is 0 Å². The van der Waals surface area contributed by atoms with Crippen LogP contribution in [0.4, 0.5) is 0 Å². The van der Waals surface area contributed by atoms with E-state index in [0.29, 0.717) is 13.0 Å². The minimum absolute atomic E-state index is 0.0362. The molecule has 13 heteroatoms. The van der Waals surface area contributed by atoms with Crippen LogP contribution in [0.1, 0.15) is 174 Å². The molecule has 0 aromatic carbocycles. The van der Waals surface area contributed by atoms with Crippen LogP contribution in [0.3, 0.4) is 0 Å². The van der Waals surface area contributed by atoms with Gasteiger partial charge in [-0.05, 0) is 32.1 Å². The van der Waals surface area contributed by atoms with Gasteiger partial charge in [0, 0.05) is 13.0 Å². The average Bonchev–Trinajstić information content (AvgIpc) is 3.12. The first-order valence-electron chi connectivity index (χ1n) is 20.9. The van der Waals surface area contributed by atoms with Gasteiger partial charge in [-0.1, -0.05) is 148 Å². The number of carbonyl (C=O) groups is 1. The second kappa shape index (κ2) is 33.0. The van der Waals surface area contributed by atoms with Crippen LogP contribution in [0.25, 0.3) is 0 Å². The van der Waals surface area contributed by atoms with Crippen molar-refractivity contribution in [3.05, 3.63) is 12.2 Å². The summed E-state index contributed by atoms with van der Waals surface area (Å²) in [6, 6.07) is 0. The molecule has 1 aliphatic rings. The lowest BCUT2D eigenvalue weighted by molar-refractivity contribution is -0.301. The molecule has 12 nitrogen and oxygen atoms in total. The van der Waals surface area contributed by atoms with E-state index in [1.807, 2.05) is 0 Å². The maximum atomic E-state index is 12.8. The summed E-state index contributed by atoms with van der Waals surface area (Å²) in [5.74, 6) is -0.400. The van der Waals surface area contributed by atoms with E-state index in [9.17, 15) is 28.5 Å². The van der Waals surface area contributed by atoms with E-state index in [-0.39, 0.29) is 19.6 Å². The molecule has 6 unspecified atom stereocenters. The molecule has 1 rings (SSSR count). The molecule has 0 spiro atoms. The van der Waals surface area contributed by atoms with E-state index < -0.39 is 59.8 Å². The number of carbonyl (C=O) groups excluding carboxylic acids is 1. The molecule has 6 atom stereocenters. The number of rotatable bonds is 36. The van der Waals surface area contributed by atoms with Gasteiger partial charge in [-0.25, -0.2) is 4.18 Å². The molecule has 1 aliphatic heterocycles. The maximum Gasteiger partial charge on any atom is 0.397 e. The van der Waals surface area contributed by atoms with Crippen molar-refractivity contribution in [2.75, 3.05) is 26.4 Å². The van der Waals surface area contributed by atoms with Crippen LogP contribution in [0, 0.1) is 0 Å². The molecule has 0 bridgehead atoms. The fourth-order valence-electron chi connectivity index (χ4n) is 6.44. The SMILES string of the molecule is CCC/C=C\CCCCCCCCOCC(COC1OC(CO)C(O)C(OS(=O)(=O)O)C1O)OC(=O)CCCCCCCCCCCCCCCCC. The standard InChI is InChI=1S/C40H76O12S/c1-3-5-7-9-11-13-15-16-17-18-19-21-23-25-27-29-36(42)50-34(32-48-30-28-26-24-22-20-14-12-10-8-6-4-2)33-49-40-38(44)39(52-53(45,46)47)37(43)35(31-41)51-40/h8,10,34-35,37-41,43-44H,3-7,9,11-33H2,1-2H3,(H,45,46,47)/b10-8-. The van der Waals surface area contributed by atoms with Crippen LogP contribution in [-0.4, -0.2) is 97.5 Å². The summed E-state index contributed by atoms with van der Waals surface area (Å²) in [7, 11) is -5.05. The van der Waals surface area contributed by atoms with Crippen LogP contribution in [0.5, 0.6) is 0 Å². The molecule has 0 amide bonds. The van der Waals surface area contributed by atoms with Crippen molar-refractivity contribution >= 4 is 16.4 Å². The molecule has 4 N–H and O–H groups in total. The second-order valence-electron chi connectivity index (χ2n) is 14.6. The number of ether oxygens (including phenoxy) is 4. The van der Waals surface area contributed by atoms with Gasteiger partial charge >= 0.3 is 16.4 Å². The van der Waals surface area contributed by atoms with Crippen molar-refractivity contribution in [2.24, 2.45) is 0 Å². The zero-order valence-corrected chi connectivity index (χ0v) is 33.9. The summed E-state index contributed by atoms with van der Waals surface area (Å²) < 4.78 is 58.8. The van der Waals surface area contributed by atoms with Gasteiger partial charge in [0.05, 0.1) is 19.8 Å². The van der Waals surface area contributed by atoms with E-state index in [2.05, 4.69) is 30.2 Å². The largest absolute Gasteiger partial charge is 0.457 e. The zero-order chi connectivity index (χ0) is 39.0. The third-order valence-electron chi connectivity index (χ3n) is 9.62. The number of esters is 1. The Morgan fingerprint density at radius 3 is 1.77 bits per heavy atom. The molecule has 0 radical (unpaired) electrons. The van der Waals surface area contributed by atoms with Crippen molar-refractivity contribution in [2.45, 2.75) is 211 Å².